The maximum atomic E-state index is 3.86. The van der Waals surface area contributed by atoms with Gasteiger partial charge < -0.3 is 4.90 Å². The minimum absolute atomic E-state index is 0.423. The SMILES string of the molecule is C=CC1(C)CCN(C)CC1. The molecule has 58 valence electrons. The molecule has 0 radical (unpaired) electrons. The first kappa shape index (κ1) is 7.80. The van der Waals surface area contributed by atoms with Crippen LogP contribution in [0, 0.1) is 5.41 Å². The van der Waals surface area contributed by atoms with Gasteiger partial charge in [-0.25, -0.2) is 0 Å². The van der Waals surface area contributed by atoms with E-state index in [1.54, 1.807) is 0 Å². The topological polar surface area (TPSA) is 3.24 Å². The van der Waals surface area contributed by atoms with Crippen molar-refractivity contribution < 1.29 is 0 Å². The molecule has 0 aromatic carbocycles. The Morgan fingerprint density at radius 2 is 1.90 bits per heavy atom. The van der Waals surface area contributed by atoms with Crippen LogP contribution in [-0.4, -0.2) is 25.0 Å². The molecule has 0 amide bonds. The fourth-order valence-electron chi connectivity index (χ4n) is 1.33. The van der Waals surface area contributed by atoms with Gasteiger partial charge in [0, 0.05) is 0 Å². The molecule has 1 rings (SSSR count). The minimum Gasteiger partial charge on any atom is -0.306 e. The van der Waals surface area contributed by atoms with Gasteiger partial charge >= 0.3 is 0 Å². The van der Waals surface area contributed by atoms with E-state index in [4.69, 9.17) is 0 Å². The van der Waals surface area contributed by atoms with Crippen molar-refractivity contribution in [1.29, 1.82) is 0 Å². The summed E-state index contributed by atoms with van der Waals surface area (Å²) >= 11 is 0. The molecule has 10 heavy (non-hydrogen) atoms. The van der Waals surface area contributed by atoms with Crippen LogP contribution < -0.4 is 0 Å². The molecule has 1 nitrogen and oxygen atoms in total. The zero-order valence-electron chi connectivity index (χ0n) is 7.06. The number of piperidine rings is 1. The van der Waals surface area contributed by atoms with Gasteiger partial charge in [-0.05, 0) is 38.4 Å². The van der Waals surface area contributed by atoms with Crippen molar-refractivity contribution in [2.75, 3.05) is 20.1 Å². The second-order valence-corrected chi connectivity index (χ2v) is 3.66. The average Bonchev–Trinajstić information content (AvgIpc) is 1.96. The van der Waals surface area contributed by atoms with Crippen LogP contribution in [0.3, 0.4) is 0 Å². The van der Waals surface area contributed by atoms with E-state index in [1.165, 1.54) is 25.9 Å². The summed E-state index contributed by atoms with van der Waals surface area (Å²) in [6, 6.07) is 0. The molecule has 0 saturated carbocycles. The van der Waals surface area contributed by atoms with Crippen LogP contribution in [0.2, 0.25) is 0 Å². The number of hydrogen-bond donors (Lipinski definition) is 0. The number of nitrogens with zero attached hydrogens (tertiary/aromatic N) is 1. The Bertz CT molecular complexity index is 121. The monoisotopic (exact) mass is 139 g/mol. The van der Waals surface area contributed by atoms with E-state index in [0.717, 1.165) is 0 Å². The molecule has 1 heterocycles. The predicted octanol–water partition coefficient (Wildman–Crippen LogP) is 1.90. The van der Waals surface area contributed by atoms with Crippen LogP contribution in [0.15, 0.2) is 12.7 Å². The minimum atomic E-state index is 0.423. The Morgan fingerprint density at radius 1 is 1.40 bits per heavy atom. The fraction of sp³-hybridized carbons (Fsp3) is 0.778. The molecule has 0 atom stereocenters. The maximum absolute atomic E-state index is 3.86. The molecule has 0 aliphatic carbocycles. The van der Waals surface area contributed by atoms with Crippen LogP contribution in [0.25, 0.3) is 0 Å². The molecule has 1 aliphatic heterocycles. The quantitative estimate of drug-likeness (QED) is 0.501. The van der Waals surface area contributed by atoms with Crippen molar-refractivity contribution >= 4 is 0 Å². The van der Waals surface area contributed by atoms with Gasteiger partial charge in [-0.3, -0.25) is 0 Å². The first-order valence-electron chi connectivity index (χ1n) is 3.98. The highest BCUT2D eigenvalue weighted by molar-refractivity contribution is 4.94. The predicted molar refractivity (Wildman–Crippen MR) is 45.0 cm³/mol. The molecular formula is C9H17N. The highest BCUT2D eigenvalue weighted by atomic mass is 15.1. The number of allylic oxidation sites excluding steroid dienone is 1. The molecule has 0 bridgehead atoms. The maximum Gasteiger partial charge on any atom is -0.00136 e. The Labute approximate surface area is 63.7 Å². The van der Waals surface area contributed by atoms with Gasteiger partial charge in [-0.15, -0.1) is 6.58 Å². The summed E-state index contributed by atoms with van der Waals surface area (Å²) < 4.78 is 0. The average molecular weight is 139 g/mol. The first-order chi connectivity index (χ1) is 4.66. The number of rotatable bonds is 1. The van der Waals surface area contributed by atoms with Gasteiger partial charge in [0.25, 0.3) is 0 Å². The Kier molecular flexibility index (Phi) is 2.14. The van der Waals surface area contributed by atoms with E-state index in [0.29, 0.717) is 5.41 Å². The van der Waals surface area contributed by atoms with Gasteiger partial charge in [0.1, 0.15) is 0 Å². The van der Waals surface area contributed by atoms with E-state index in [1.807, 2.05) is 0 Å². The van der Waals surface area contributed by atoms with E-state index >= 15 is 0 Å². The third-order valence-electron chi connectivity index (χ3n) is 2.62. The lowest BCUT2D eigenvalue weighted by molar-refractivity contribution is 0.180. The lowest BCUT2D eigenvalue weighted by Gasteiger charge is -2.35. The second-order valence-electron chi connectivity index (χ2n) is 3.66. The number of hydrogen-bond acceptors (Lipinski definition) is 1. The van der Waals surface area contributed by atoms with Gasteiger partial charge in [0.2, 0.25) is 0 Å². The standard InChI is InChI=1S/C9H17N/c1-4-9(2)5-7-10(3)8-6-9/h4H,1,5-8H2,2-3H3. The normalized spacial score (nSPS) is 26.2. The van der Waals surface area contributed by atoms with Crippen molar-refractivity contribution in [3.05, 3.63) is 12.7 Å². The molecule has 0 aromatic heterocycles. The van der Waals surface area contributed by atoms with E-state index in [2.05, 4.69) is 31.5 Å². The summed E-state index contributed by atoms with van der Waals surface area (Å²) in [4.78, 5) is 2.38. The summed E-state index contributed by atoms with van der Waals surface area (Å²) in [5.74, 6) is 0. The molecule has 0 unspecified atom stereocenters. The Hall–Kier alpha value is -0.300. The van der Waals surface area contributed by atoms with Crippen LogP contribution in [0.1, 0.15) is 19.8 Å². The highest BCUT2D eigenvalue weighted by Crippen LogP contribution is 2.30. The van der Waals surface area contributed by atoms with Crippen molar-refractivity contribution in [3.63, 3.8) is 0 Å². The highest BCUT2D eigenvalue weighted by Gasteiger charge is 2.24. The van der Waals surface area contributed by atoms with Gasteiger partial charge in [-0.2, -0.15) is 0 Å². The summed E-state index contributed by atoms with van der Waals surface area (Å²) in [5, 5.41) is 0. The van der Waals surface area contributed by atoms with Gasteiger partial charge in [0.15, 0.2) is 0 Å². The molecule has 1 saturated heterocycles. The van der Waals surface area contributed by atoms with E-state index in [9.17, 15) is 0 Å². The van der Waals surface area contributed by atoms with Gasteiger partial charge in [-0.1, -0.05) is 13.0 Å². The summed E-state index contributed by atoms with van der Waals surface area (Å²) in [7, 11) is 2.18. The van der Waals surface area contributed by atoms with E-state index in [-0.39, 0.29) is 0 Å². The third kappa shape index (κ3) is 1.60. The van der Waals surface area contributed by atoms with Crippen LogP contribution in [0.5, 0.6) is 0 Å². The molecule has 0 spiro atoms. The van der Waals surface area contributed by atoms with Gasteiger partial charge in [0.05, 0.1) is 0 Å². The lowest BCUT2D eigenvalue weighted by Crippen LogP contribution is -2.34. The third-order valence-corrected chi connectivity index (χ3v) is 2.62. The number of likely N-dealkylation sites (tertiary alicyclic amines) is 1. The summed E-state index contributed by atoms with van der Waals surface area (Å²) in [6.07, 6.45) is 4.65. The second kappa shape index (κ2) is 2.75. The van der Waals surface area contributed by atoms with Crippen molar-refractivity contribution in [2.24, 2.45) is 5.41 Å². The van der Waals surface area contributed by atoms with E-state index < -0.39 is 0 Å². The molecule has 0 aromatic rings. The molecule has 0 N–H and O–H groups in total. The van der Waals surface area contributed by atoms with Crippen LogP contribution in [0.4, 0.5) is 0 Å². The zero-order chi connectivity index (χ0) is 7.61. The van der Waals surface area contributed by atoms with Crippen molar-refractivity contribution in [2.45, 2.75) is 19.8 Å². The summed E-state index contributed by atoms with van der Waals surface area (Å²) in [6.45, 7) is 8.61. The fourth-order valence-corrected chi connectivity index (χ4v) is 1.33. The molecule has 1 aliphatic rings. The van der Waals surface area contributed by atoms with Crippen LogP contribution >= 0.6 is 0 Å². The van der Waals surface area contributed by atoms with Crippen molar-refractivity contribution in [1.82, 2.24) is 4.90 Å². The Balaban J connectivity index is 2.46. The summed E-state index contributed by atoms with van der Waals surface area (Å²) in [5.41, 5.74) is 0.423. The molecular weight excluding hydrogens is 122 g/mol. The largest absolute Gasteiger partial charge is 0.306 e. The van der Waals surface area contributed by atoms with Crippen molar-refractivity contribution in [3.8, 4) is 0 Å². The molecule has 1 heteroatoms. The van der Waals surface area contributed by atoms with Crippen LogP contribution in [-0.2, 0) is 0 Å². The lowest BCUT2D eigenvalue weighted by atomic mass is 9.81. The molecule has 1 fully saturated rings. The smallest absolute Gasteiger partial charge is 0.00136 e. The Morgan fingerprint density at radius 3 is 2.30 bits per heavy atom. The first-order valence-corrected chi connectivity index (χ1v) is 3.98. The zero-order valence-corrected chi connectivity index (χ0v) is 7.06.